The first kappa shape index (κ1) is 38.7. The van der Waals surface area contributed by atoms with Gasteiger partial charge in [0.25, 0.3) is 0 Å². The number of allylic oxidation sites excluding steroid dienone is 2. The van der Waals surface area contributed by atoms with Crippen molar-refractivity contribution in [2.24, 2.45) is 0 Å². The maximum Gasteiger partial charge on any atom is 0.306 e. The van der Waals surface area contributed by atoms with Crippen LogP contribution in [0.5, 0.6) is 0 Å². The molecule has 1 unspecified atom stereocenters. The third-order valence-electron chi connectivity index (χ3n) is 7.99. The van der Waals surface area contributed by atoms with Crippen LogP contribution in [0.15, 0.2) is 12.2 Å². The Bertz CT molecular complexity index is 571. The summed E-state index contributed by atoms with van der Waals surface area (Å²) < 4.78 is 5.85. The molecule has 0 fully saturated rings. The fourth-order valence-corrected chi connectivity index (χ4v) is 5.34. The second-order valence-corrected chi connectivity index (χ2v) is 12.1. The lowest BCUT2D eigenvalue weighted by Gasteiger charge is -2.18. The molecule has 0 aromatic rings. The van der Waals surface area contributed by atoms with Gasteiger partial charge in [-0.05, 0) is 57.8 Å². The van der Waals surface area contributed by atoms with Gasteiger partial charge in [0.15, 0.2) is 0 Å². The van der Waals surface area contributed by atoms with Crippen LogP contribution < -0.4 is 0 Å². The number of carbonyl (C=O) groups excluding carboxylic acids is 1. The van der Waals surface area contributed by atoms with Gasteiger partial charge >= 0.3 is 11.9 Å². The number of hydrogen-bond acceptors (Lipinski definition) is 3. The van der Waals surface area contributed by atoms with E-state index in [0.717, 1.165) is 77.0 Å². The van der Waals surface area contributed by atoms with E-state index >= 15 is 0 Å². The molecule has 0 aliphatic rings. The van der Waals surface area contributed by atoms with Crippen molar-refractivity contribution in [2.75, 3.05) is 0 Å². The molecule has 4 nitrogen and oxygen atoms in total. The highest BCUT2D eigenvalue weighted by Crippen LogP contribution is 2.17. The molecule has 1 atom stereocenters. The highest BCUT2D eigenvalue weighted by atomic mass is 16.5. The number of ether oxygens (including phenoxy) is 1. The lowest BCUT2D eigenvalue weighted by Crippen LogP contribution is -2.18. The van der Waals surface area contributed by atoms with E-state index in [-0.39, 0.29) is 18.5 Å². The summed E-state index contributed by atoms with van der Waals surface area (Å²) in [7, 11) is 0. The van der Waals surface area contributed by atoms with Gasteiger partial charge in [-0.15, -0.1) is 0 Å². The first-order valence-corrected chi connectivity index (χ1v) is 17.7. The average molecular weight is 565 g/mol. The quantitative estimate of drug-likeness (QED) is 0.0501. The molecule has 0 saturated carbocycles. The minimum absolute atomic E-state index is 0.00389. The van der Waals surface area contributed by atoms with Crippen LogP contribution in [0, 0.1) is 0 Å². The topological polar surface area (TPSA) is 63.6 Å². The van der Waals surface area contributed by atoms with Crippen molar-refractivity contribution < 1.29 is 19.4 Å². The summed E-state index contributed by atoms with van der Waals surface area (Å²) >= 11 is 0. The summed E-state index contributed by atoms with van der Waals surface area (Å²) in [6.07, 6.45) is 38.4. The molecule has 0 bridgehead atoms. The van der Waals surface area contributed by atoms with Gasteiger partial charge in [0.1, 0.15) is 6.10 Å². The number of carboxylic acid groups (broad SMARTS) is 1. The number of aliphatic carboxylic acids is 1. The van der Waals surface area contributed by atoms with Crippen molar-refractivity contribution >= 4 is 11.9 Å². The monoisotopic (exact) mass is 565 g/mol. The van der Waals surface area contributed by atoms with E-state index in [1.54, 1.807) is 0 Å². The zero-order valence-electron chi connectivity index (χ0n) is 26.9. The smallest absolute Gasteiger partial charge is 0.306 e. The normalized spacial score (nSPS) is 12.2. The van der Waals surface area contributed by atoms with Crippen molar-refractivity contribution in [3.63, 3.8) is 0 Å². The van der Waals surface area contributed by atoms with Crippen molar-refractivity contribution in [3.05, 3.63) is 12.2 Å². The Morgan fingerprint density at radius 3 is 1.43 bits per heavy atom. The van der Waals surface area contributed by atoms with E-state index < -0.39 is 5.97 Å². The standard InChI is InChI=1S/C36H68O4/c1-3-5-7-8-9-10-11-12-13-14-15-16-17-18-19-20-21-26-29-33-36(39)40-34(30-6-4-2)31-27-24-22-23-25-28-32-35(37)38/h12-13,34H,3-11,14-33H2,1-2H3,(H,37,38)/b13-12-. The van der Waals surface area contributed by atoms with Crippen molar-refractivity contribution in [2.45, 2.75) is 206 Å². The van der Waals surface area contributed by atoms with Crippen LogP contribution in [0.1, 0.15) is 200 Å². The van der Waals surface area contributed by atoms with Gasteiger partial charge in [-0.2, -0.15) is 0 Å². The van der Waals surface area contributed by atoms with Crippen LogP contribution in [-0.2, 0) is 14.3 Å². The molecule has 0 aliphatic heterocycles. The van der Waals surface area contributed by atoms with Crippen molar-refractivity contribution in [1.29, 1.82) is 0 Å². The molecule has 40 heavy (non-hydrogen) atoms. The van der Waals surface area contributed by atoms with Crippen LogP contribution in [0.3, 0.4) is 0 Å². The Hall–Kier alpha value is -1.32. The zero-order valence-corrected chi connectivity index (χ0v) is 26.9. The molecule has 0 aromatic heterocycles. The lowest BCUT2D eigenvalue weighted by atomic mass is 10.0. The van der Waals surface area contributed by atoms with Crippen LogP contribution in [-0.4, -0.2) is 23.1 Å². The lowest BCUT2D eigenvalue weighted by molar-refractivity contribution is -0.150. The van der Waals surface area contributed by atoms with E-state index in [9.17, 15) is 9.59 Å². The molecule has 0 saturated heterocycles. The number of carbonyl (C=O) groups is 2. The first-order chi connectivity index (χ1) is 19.6. The van der Waals surface area contributed by atoms with E-state index in [2.05, 4.69) is 26.0 Å². The Labute approximate surface area is 249 Å². The predicted octanol–water partition coefficient (Wildman–Crippen LogP) is 11.9. The second kappa shape index (κ2) is 32.2. The number of rotatable bonds is 32. The van der Waals surface area contributed by atoms with Gasteiger partial charge in [-0.1, -0.05) is 142 Å². The van der Waals surface area contributed by atoms with Crippen molar-refractivity contribution in [3.8, 4) is 0 Å². The highest BCUT2D eigenvalue weighted by Gasteiger charge is 2.13. The zero-order chi connectivity index (χ0) is 29.4. The van der Waals surface area contributed by atoms with Gasteiger partial charge in [0.2, 0.25) is 0 Å². The van der Waals surface area contributed by atoms with E-state index in [1.165, 1.54) is 96.3 Å². The maximum absolute atomic E-state index is 12.4. The molecule has 0 spiro atoms. The second-order valence-electron chi connectivity index (χ2n) is 12.1. The van der Waals surface area contributed by atoms with Gasteiger partial charge in [-0.25, -0.2) is 0 Å². The van der Waals surface area contributed by atoms with Crippen LogP contribution >= 0.6 is 0 Å². The van der Waals surface area contributed by atoms with E-state index in [4.69, 9.17) is 9.84 Å². The molecule has 0 amide bonds. The molecule has 0 rings (SSSR count). The number of esters is 1. The Balaban J connectivity index is 3.59. The summed E-state index contributed by atoms with van der Waals surface area (Å²) in [6, 6.07) is 0. The summed E-state index contributed by atoms with van der Waals surface area (Å²) in [5.74, 6) is -0.699. The van der Waals surface area contributed by atoms with Gasteiger partial charge in [0, 0.05) is 12.8 Å². The van der Waals surface area contributed by atoms with Crippen LogP contribution in [0.25, 0.3) is 0 Å². The molecule has 0 aromatic carbocycles. The predicted molar refractivity (Wildman–Crippen MR) is 172 cm³/mol. The van der Waals surface area contributed by atoms with Crippen LogP contribution in [0.4, 0.5) is 0 Å². The molecule has 0 aliphatic carbocycles. The summed E-state index contributed by atoms with van der Waals surface area (Å²) in [5.41, 5.74) is 0. The fraction of sp³-hybridized carbons (Fsp3) is 0.889. The molecule has 0 radical (unpaired) electrons. The molecular weight excluding hydrogens is 496 g/mol. The van der Waals surface area contributed by atoms with E-state index in [0.29, 0.717) is 6.42 Å². The molecule has 1 N–H and O–H groups in total. The molecule has 4 heteroatoms. The highest BCUT2D eigenvalue weighted by molar-refractivity contribution is 5.69. The Morgan fingerprint density at radius 1 is 0.525 bits per heavy atom. The summed E-state index contributed by atoms with van der Waals surface area (Å²) in [6.45, 7) is 4.46. The minimum Gasteiger partial charge on any atom is -0.481 e. The summed E-state index contributed by atoms with van der Waals surface area (Å²) in [5, 5.41) is 8.70. The number of hydrogen-bond donors (Lipinski definition) is 1. The largest absolute Gasteiger partial charge is 0.481 e. The van der Waals surface area contributed by atoms with Gasteiger partial charge in [-0.3, -0.25) is 9.59 Å². The average Bonchev–Trinajstić information content (AvgIpc) is 2.94. The fourth-order valence-electron chi connectivity index (χ4n) is 5.34. The molecule has 0 heterocycles. The van der Waals surface area contributed by atoms with Gasteiger partial charge in [0.05, 0.1) is 0 Å². The third-order valence-corrected chi connectivity index (χ3v) is 7.99. The summed E-state index contributed by atoms with van der Waals surface area (Å²) in [4.78, 5) is 22.9. The maximum atomic E-state index is 12.4. The van der Waals surface area contributed by atoms with E-state index in [1.807, 2.05) is 0 Å². The molecule has 236 valence electrons. The Morgan fingerprint density at radius 2 is 0.925 bits per heavy atom. The molecular formula is C36H68O4. The minimum atomic E-state index is -0.695. The van der Waals surface area contributed by atoms with Crippen LogP contribution in [0.2, 0.25) is 0 Å². The SMILES string of the molecule is CCCCCCCC/C=C\CCCCCCCCCCCC(=O)OC(CCCC)CCCCCCCCC(=O)O. The first-order valence-electron chi connectivity index (χ1n) is 17.7. The number of carboxylic acids is 1. The number of unbranched alkanes of at least 4 members (excludes halogenated alkanes) is 21. The van der Waals surface area contributed by atoms with Gasteiger partial charge < -0.3 is 9.84 Å². The van der Waals surface area contributed by atoms with Crippen molar-refractivity contribution in [1.82, 2.24) is 0 Å². The Kier molecular flexibility index (Phi) is 31.1. The third kappa shape index (κ3) is 31.2.